The molecule has 1 aliphatic heterocycles. The van der Waals surface area contributed by atoms with Gasteiger partial charge in [0.25, 0.3) is 0 Å². The summed E-state index contributed by atoms with van der Waals surface area (Å²) in [7, 11) is 0. The molecule has 1 saturated heterocycles. The summed E-state index contributed by atoms with van der Waals surface area (Å²) in [6.45, 7) is 4.01. The van der Waals surface area contributed by atoms with Crippen molar-refractivity contribution in [3.63, 3.8) is 0 Å². The average molecular weight is 184 g/mol. The van der Waals surface area contributed by atoms with Gasteiger partial charge in [-0.25, -0.2) is 0 Å². The second kappa shape index (κ2) is 4.97. The third-order valence-electron chi connectivity index (χ3n) is 2.29. The lowest BCUT2D eigenvalue weighted by molar-refractivity contribution is -0.132. The zero-order chi connectivity index (χ0) is 9.68. The van der Waals surface area contributed by atoms with Gasteiger partial charge < -0.3 is 10.2 Å². The van der Waals surface area contributed by atoms with Crippen LogP contribution in [-0.4, -0.2) is 42.8 Å². The topological polar surface area (TPSA) is 49.4 Å². The van der Waals surface area contributed by atoms with Crippen LogP contribution in [0.3, 0.4) is 0 Å². The van der Waals surface area contributed by atoms with Crippen molar-refractivity contribution >= 4 is 12.2 Å². The van der Waals surface area contributed by atoms with Crippen molar-refractivity contribution in [3.05, 3.63) is 0 Å². The lowest BCUT2D eigenvalue weighted by atomic mass is 10.1. The molecular weight excluding hydrogens is 168 g/mol. The molecule has 0 saturated carbocycles. The van der Waals surface area contributed by atoms with E-state index in [1.54, 1.807) is 4.90 Å². The van der Waals surface area contributed by atoms with Gasteiger partial charge >= 0.3 is 0 Å². The van der Waals surface area contributed by atoms with Gasteiger partial charge in [-0.05, 0) is 6.42 Å². The Labute approximate surface area is 78.3 Å². The van der Waals surface area contributed by atoms with E-state index in [0.717, 1.165) is 19.4 Å². The normalized spacial score (nSPS) is 22.8. The van der Waals surface area contributed by atoms with Gasteiger partial charge in [0.05, 0.1) is 0 Å². The van der Waals surface area contributed by atoms with Crippen molar-refractivity contribution < 1.29 is 9.59 Å². The predicted octanol–water partition coefficient (Wildman–Crippen LogP) is -0.214. The minimum atomic E-state index is -0.230. The highest BCUT2D eigenvalue weighted by Gasteiger charge is 2.26. The molecule has 0 radical (unpaired) electrons. The van der Waals surface area contributed by atoms with Crippen molar-refractivity contribution in [3.8, 4) is 0 Å². The molecule has 1 fully saturated rings. The summed E-state index contributed by atoms with van der Waals surface area (Å²) in [4.78, 5) is 23.7. The highest BCUT2D eigenvalue weighted by molar-refractivity contribution is 5.86. The molecule has 1 heterocycles. The van der Waals surface area contributed by atoms with Crippen LogP contribution in [0.4, 0.5) is 0 Å². The van der Waals surface area contributed by atoms with Gasteiger partial charge in [0.2, 0.25) is 6.41 Å². The van der Waals surface area contributed by atoms with Crippen LogP contribution in [0.2, 0.25) is 0 Å². The van der Waals surface area contributed by atoms with Gasteiger partial charge in [0.1, 0.15) is 6.04 Å². The number of nitrogens with one attached hydrogen (secondary N) is 1. The molecule has 1 amide bonds. The standard InChI is InChI=1S/C9H16N2O2/c1-2-3-9(13)8-6-10-4-5-11(8)7-12/h7-8,10H,2-6H2,1H3. The van der Waals surface area contributed by atoms with Gasteiger partial charge in [0, 0.05) is 26.1 Å². The number of nitrogens with zero attached hydrogens (tertiary/aromatic N) is 1. The van der Waals surface area contributed by atoms with E-state index >= 15 is 0 Å². The highest BCUT2D eigenvalue weighted by Crippen LogP contribution is 2.05. The number of amides is 1. The zero-order valence-electron chi connectivity index (χ0n) is 7.95. The van der Waals surface area contributed by atoms with Crippen LogP contribution >= 0.6 is 0 Å². The Hall–Kier alpha value is -0.900. The maximum absolute atomic E-state index is 11.5. The summed E-state index contributed by atoms with van der Waals surface area (Å²) in [5, 5.41) is 3.12. The first-order chi connectivity index (χ1) is 6.29. The number of carbonyl (C=O) groups excluding carboxylic acids is 2. The molecule has 0 aromatic heterocycles. The summed E-state index contributed by atoms with van der Waals surface area (Å²) in [5.41, 5.74) is 0. The summed E-state index contributed by atoms with van der Waals surface area (Å²) >= 11 is 0. The maximum Gasteiger partial charge on any atom is 0.210 e. The number of ketones is 1. The lowest BCUT2D eigenvalue weighted by Crippen LogP contribution is -2.54. The molecule has 1 aliphatic rings. The Balaban J connectivity index is 2.53. The van der Waals surface area contributed by atoms with Crippen LogP contribution in [-0.2, 0) is 9.59 Å². The van der Waals surface area contributed by atoms with E-state index in [-0.39, 0.29) is 11.8 Å². The quantitative estimate of drug-likeness (QED) is 0.615. The van der Waals surface area contributed by atoms with Gasteiger partial charge in [-0.15, -0.1) is 0 Å². The second-order valence-electron chi connectivity index (χ2n) is 3.28. The number of hydrogen-bond donors (Lipinski definition) is 1. The fourth-order valence-electron chi connectivity index (χ4n) is 1.56. The zero-order valence-corrected chi connectivity index (χ0v) is 7.95. The van der Waals surface area contributed by atoms with Crippen LogP contribution < -0.4 is 5.32 Å². The van der Waals surface area contributed by atoms with E-state index in [2.05, 4.69) is 5.32 Å². The fraction of sp³-hybridized carbons (Fsp3) is 0.778. The molecule has 1 atom stereocenters. The van der Waals surface area contributed by atoms with Crippen molar-refractivity contribution in [2.45, 2.75) is 25.8 Å². The second-order valence-corrected chi connectivity index (χ2v) is 3.28. The van der Waals surface area contributed by atoms with Crippen LogP contribution in [0.15, 0.2) is 0 Å². The Morgan fingerprint density at radius 3 is 3.08 bits per heavy atom. The number of hydrogen-bond acceptors (Lipinski definition) is 3. The van der Waals surface area contributed by atoms with E-state index in [0.29, 0.717) is 19.5 Å². The molecule has 1 N–H and O–H groups in total. The minimum Gasteiger partial charge on any atom is -0.333 e. The van der Waals surface area contributed by atoms with E-state index in [9.17, 15) is 9.59 Å². The number of Topliss-reactive ketones (excluding diaryl/α,β-unsaturated/α-hetero) is 1. The monoisotopic (exact) mass is 184 g/mol. The van der Waals surface area contributed by atoms with E-state index < -0.39 is 0 Å². The Bertz CT molecular complexity index is 194. The summed E-state index contributed by atoms with van der Waals surface area (Å²) in [5.74, 6) is 0.168. The molecule has 0 aromatic rings. The fourth-order valence-corrected chi connectivity index (χ4v) is 1.56. The third kappa shape index (κ3) is 2.52. The van der Waals surface area contributed by atoms with Crippen molar-refractivity contribution in [1.82, 2.24) is 10.2 Å². The molecule has 4 nitrogen and oxygen atoms in total. The van der Waals surface area contributed by atoms with Crippen molar-refractivity contribution in [1.29, 1.82) is 0 Å². The Kier molecular flexibility index (Phi) is 3.89. The van der Waals surface area contributed by atoms with E-state index in [4.69, 9.17) is 0 Å². The van der Waals surface area contributed by atoms with Gasteiger partial charge in [0.15, 0.2) is 5.78 Å². The Morgan fingerprint density at radius 1 is 1.69 bits per heavy atom. The smallest absolute Gasteiger partial charge is 0.210 e. The molecule has 0 spiro atoms. The maximum atomic E-state index is 11.5. The van der Waals surface area contributed by atoms with Gasteiger partial charge in [-0.3, -0.25) is 9.59 Å². The Morgan fingerprint density at radius 2 is 2.46 bits per heavy atom. The first-order valence-electron chi connectivity index (χ1n) is 4.74. The minimum absolute atomic E-state index is 0.168. The first kappa shape index (κ1) is 10.2. The number of carbonyl (C=O) groups is 2. The molecular formula is C9H16N2O2. The number of piperazine rings is 1. The highest BCUT2D eigenvalue weighted by atomic mass is 16.1. The van der Waals surface area contributed by atoms with Gasteiger partial charge in [-0.1, -0.05) is 6.92 Å². The predicted molar refractivity (Wildman–Crippen MR) is 49.3 cm³/mol. The average Bonchev–Trinajstić information content (AvgIpc) is 2.18. The molecule has 74 valence electrons. The van der Waals surface area contributed by atoms with Crippen LogP contribution in [0, 0.1) is 0 Å². The van der Waals surface area contributed by atoms with Crippen LogP contribution in [0.1, 0.15) is 19.8 Å². The van der Waals surface area contributed by atoms with Crippen LogP contribution in [0.5, 0.6) is 0 Å². The van der Waals surface area contributed by atoms with Crippen molar-refractivity contribution in [2.75, 3.05) is 19.6 Å². The summed E-state index contributed by atoms with van der Waals surface area (Å²) < 4.78 is 0. The lowest BCUT2D eigenvalue weighted by Gasteiger charge is -2.32. The molecule has 1 unspecified atom stereocenters. The number of rotatable bonds is 4. The molecule has 0 aromatic carbocycles. The SMILES string of the molecule is CCCC(=O)C1CNCCN1C=O. The van der Waals surface area contributed by atoms with Crippen LogP contribution in [0.25, 0.3) is 0 Å². The molecule has 0 aliphatic carbocycles. The first-order valence-corrected chi connectivity index (χ1v) is 4.74. The molecule has 4 heteroatoms. The van der Waals surface area contributed by atoms with Crippen molar-refractivity contribution in [2.24, 2.45) is 0 Å². The molecule has 13 heavy (non-hydrogen) atoms. The third-order valence-corrected chi connectivity index (χ3v) is 2.29. The summed E-state index contributed by atoms with van der Waals surface area (Å²) in [6, 6.07) is -0.230. The molecule has 1 rings (SSSR count). The molecule has 0 bridgehead atoms. The largest absolute Gasteiger partial charge is 0.333 e. The van der Waals surface area contributed by atoms with E-state index in [1.165, 1.54) is 0 Å². The summed E-state index contributed by atoms with van der Waals surface area (Å²) in [6.07, 6.45) is 2.19. The van der Waals surface area contributed by atoms with E-state index in [1.807, 2.05) is 6.92 Å². The van der Waals surface area contributed by atoms with Gasteiger partial charge in [-0.2, -0.15) is 0 Å².